The number of hydrogen-bond donors (Lipinski definition) is 2. The summed E-state index contributed by atoms with van der Waals surface area (Å²) in [5.41, 5.74) is 0.778. The Morgan fingerprint density at radius 2 is 1.97 bits per heavy atom. The standard InChI is InChI=1S/C13H11FN2O.C13H17NO3/c14-12-7-2-1-6-11(12)13(17)16-9-10-5-3-4-8-15-10;1-2-10(7-14-5-1)8-15-11-3-4-12-13(6-11)17-9-16-12/h1-8H,9H2,(H,16,17);3-4,6,10,14H,1-2,5,7-9H2. The van der Waals surface area contributed by atoms with E-state index in [4.69, 9.17) is 14.2 Å². The maximum Gasteiger partial charge on any atom is 0.254 e. The minimum Gasteiger partial charge on any atom is -0.493 e. The molecule has 1 saturated heterocycles. The summed E-state index contributed by atoms with van der Waals surface area (Å²) in [5, 5.41) is 6.00. The molecule has 1 unspecified atom stereocenters. The lowest BCUT2D eigenvalue weighted by molar-refractivity contribution is 0.0946. The third kappa shape index (κ3) is 6.68. The van der Waals surface area contributed by atoms with Gasteiger partial charge in [-0.2, -0.15) is 0 Å². The second-order valence-electron chi connectivity index (χ2n) is 8.02. The van der Waals surface area contributed by atoms with Gasteiger partial charge in [-0.05, 0) is 55.8 Å². The van der Waals surface area contributed by atoms with Crippen molar-refractivity contribution in [1.29, 1.82) is 0 Å². The average molecular weight is 466 g/mol. The van der Waals surface area contributed by atoms with Crippen LogP contribution in [0.15, 0.2) is 66.9 Å². The number of ether oxygens (including phenoxy) is 3. The fraction of sp³-hybridized carbons (Fsp3) is 0.308. The molecular weight excluding hydrogens is 437 g/mol. The summed E-state index contributed by atoms with van der Waals surface area (Å²) >= 11 is 0. The second-order valence-corrected chi connectivity index (χ2v) is 8.02. The van der Waals surface area contributed by atoms with Crippen molar-refractivity contribution < 1.29 is 23.4 Å². The quantitative estimate of drug-likeness (QED) is 0.574. The highest BCUT2D eigenvalue weighted by molar-refractivity contribution is 5.94. The molecule has 1 amide bonds. The Bertz CT molecular complexity index is 1070. The van der Waals surface area contributed by atoms with Gasteiger partial charge in [-0.3, -0.25) is 9.78 Å². The van der Waals surface area contributed by atoms with Crippen LogP contribution in [0.25, 0.3) is 0 Å². The molecule has 178 valence electrons. The van der Waals surface area contributed by atoms with E-state index in [-0.39, 0.29) is 12.1 Å². The number of amides is 1. The van der Waals surface area contributed by atoms with Crippen molar-refractivity contribution >= 4 is 5.91 Å². The zero-order valence-electron chi connectivity index (χ0n) is 18.8. The van der Waals surface area contributed by atoms with Crippen LogP contribution in [0.1, 0.15) is 28.9 Å². The number of carbonyl (C=O) groups is 1. The Balaban J connectivity index is 0.000000161. The Morgan fingerprint density at radius 1 is 1.12 bits per heavy atom. The molecule has 0 saturated carbocycles. The second kappa shape index (κ2) is 12.0. The van der Waals surface area contributed by atoms with Gasteiger partial charge in [0.1, 0.15) is 11.6 Å². The molecule has 3 aromatic rings. The first-order valence-corrected chi connectivity index (χ1v) is 11.3. The van der Waals surface area contributed by atoms with Crippen molar-refractivity contribution in [1.82, 2.24) is 15.6 Å². The van der Waals surface area contributed by atoms with Crippen molar-refractivity contribution in [3.05, 3.63) is 83.9 Å². The molecule has 7 nitrogen and oxygen atoms in total. The molecule has 34 heavy (non-hydrogen) atoms. The average Bonchev–Trinajstić information content (AvgIpc) is 3.36. The van der Waals surface area contributed by atoms with Crippen molar-refractivity contribution in [2.75, 3.05) is 26.5 Å². The number of halogens is 1. The van der Waals surface area contributed by atoms with Crippen LogP contribution >= 0.6 is 0 Å². The largest absolute Gasteiger partial charge is 0.493 e. The van der Waals surface area contributed by atoms with E-state index >= 15 is 0 Å². The normalized spacial score (nSPS) is 16.2. The van der Waals surface area contributed by atoms with Gasteiger partial charge in [-0.1, -0.05) is 18.2 Å². The Hall–Kier alpha value is -3.65. The van der Waals surface area contributed by atoms with E-state index < -0.39 is 11.7 Å². The van der Waals surface area contributed by atoms with E-state index in [2.05, 4.69) is 15.6 Å². The number of aromatic nitrogens is 1. The first kappa shape index (κ1) is 23.5. The Morgan fingerprint density at radius 3 is 2.76 bits per heavy atom. The van der Waals surface area contributed by atoms with Gasteiger partial charge in [0.2, 0.25) is 6.79 Å². The van der Waals surface area contributed by atoms with E-state index in [0.717, 1.165) is 42.6 Å². The van der Waals surface area contributed by atoms with Crippen LogP contribution in [0.3, 0.4) is 0 Å². The molecular formula is C26H28FN3O4. The van der Waals surface area contributed by atoms with Gasteiger partial charge in [0.25, 0.3) is 5.91 Å². The third-order valence-corrected chi connectivity index (χ3v) is 5.50. The van der Waals surface area contributed by atoms with Crippen LogP contribution in [-0.2, 0) is 6.54 Å². The van der Waals surface area contributed by atoms with Crippen LogP contribution < -0.4 is 24.8 Å². The molecule has 3 heterocycles. The fourth-order valence-corrected chi connectivity index (χ4v) is 3.66. The lowest BCUT2D eigenvalue weighted by Crippen LogP contribution is -2.33. The van der Waals surface area contributed by atoms with Crippen LogP contribution in [0.2, 0.25) is 0 Å². The number of benzene rings is 2. The maximum absolute atomic E-state index is 13.3. The minimum atomic E-state index is -0.522. The van der Waals surface area contributed by atoms with Crippen molar-refractivity contribution in [3.8, 4) is 17.2 Å². The zero-order valence-corrected chi connectivity index (χ0v) is 18.8. The summed E-state index contributed by atoms with van der Waals surface area (Å²) in [6, 6.07) is 17.0. The molecule has 1 fully saturated rings. The summed E-state index contributed by atoms with van der Waals surface area (Å²) < 4.78 is 29.7. The number of carbonyl (C=O) groups excluding carboxylic acids is 1. The van der Waals surface area contributed by atoms with Crippen LogP contribution in [-0.4, -0.2) is 37.4 Å². The predicted octanol–water partition coefficient (Wildman–Crippen LogP) is 3.94. The number of nitrogens with one attached hydrogen (secondary N) is 2. The first-order chi connectivity index (χ1) is 16.7. The highest BCUT2D eigenvalue weighted by atomic mass is 19.1. The van der Waals surface area contributed by atoms with Crippen molar-refractivity contribution in [2.45, 2.75) is 19.4 Å². The minimum absolute atomic E-state index is 0.0448. The van der Waals surface area contributed by atoms with E-state index in [1.165, 1.54) is 25.0 Å². The molecule has 8 heteroatoms. The number of rotatable bonds is 6. The highest BCUT2D eigenvalue weighted by Crippen LogP contribution is 2.35. The van der Waals surface area contributed by atoms with Gasteiger partial charge in [0.05, 0.1) is 24.4 Å². The fourth-order valence-electron chi connectivity index (χ4n) is 3.66. The van der Waals surface area contributed by atoms with Gasteiger partial charge in [-0.15, -0.1) is 0 Å². The van der Waals surface area contributed by atoms with Crippen LogP contribution in [0.4, 0.5) is 4.39 Å². The SMILES string of the molecule is O=C(NCc1ccccn1)c1ccccc1F.c1cc2c(cc1OCC1CCCNC1)OCO2. The molecule has 0 spiro atoms. The molecule has 2 N–H and O–H groups in total. The topological polar surface area (TPSA) is 81.7 Å². The molecule has 1 atom stereocenters. The number of fused-ring (bicyclic) bond motifs is 1. The third-order valence-electron chi connectivity index (χ3n) is 5.50. The number of nitrogens with zero attached hydrogens (tertiary/aromatic N) is 1. The molecule has 0 radical (unpaired) electrons. The summed E-state index contributed by atoms with van der Waals surface area (Å²) in [4.78, 5) is 15.7. The van der Waals surface area contributed by atoms with E-state index in [9.17, 15) is 9.18 Å². The Kier molecular flexibility index (Phi) is 8.29. The zero-order chi connectivity index (χ0) is 23.6. The van der Waals surface area contributed by atoms with Crippen molar-refractivity contribution in [2.24, 2.45) is 5.92 Å². The number of hydrogen-bond acceptors (Lipinski definition) is 6. The molecule has 2 aliphatic rings. The van der Waals surface area contributed by atoms with Crippen LogP contribution in [0.5, 0.6) is 17.2 Å². The molecule has 0 bridgehead atoms. The summed E-state index contributed by atoms with van der Waals surface area (Å²) in [7, 11) is 0. The number of piperidine rings is 1. The Labute approximate surface area is 198 Å². The number of pyridine rings is 1. The van der Waals surface area contributed by atoms with Gasteiger partial charge in [-0.25, -0.2) is 4.39 Å². The van der Waals surface area contributed by atoms with Gasteiger partial charge in [0.15, 0.2) is 11.5 Å². The lowest BCUT2D eigenvalue weighted by atomic mass is 10.0. The van der Waals surface area contributed by atoms with Crippen molar-refractivity contribution in [3.63, 3.8) is 0 Å². The monoisotopic (exact) mass is 465 g/mol. The maximum atomic E-state index is 13.3. The first-order valence-electron chi connectivity index (χ1n) is 11.3. The van der Waals surface area contributed by atoms with Crippen LogP contribution in [0, 0.1) is 11.7 Å². The van der Waals surface area contributed by atoms with Gasteiger partial charge < -0.3 is 24.8 Å². The smallest absolute Gasteiger partial charge is 0.254 e. The summed E-state index contributed by atoms with van der Waals surface area (Å²) in [5.74, 6) is 2.11. The molecule has 2 aromatic carbocycles. The van der Waals surface area contributed by atoms with Gasteiger partial charge >= 0.3 is 0 Å². The molecule has 2 aliphatic heterocycles. The highest BCUT2D eigenvalue weighted by Gasteiger charge is 2.16. The lowest BCUT2D eigenvalue weighted by Gasteiger charge is -2.22. The van der Waals surface area contributed by atoms with E-state index in [1.807, 2.05) is 24.3 Å². The van der Waals surface area contributed by atoms with Gasteiger partial charge in [0, 0.05) is 24.7 Å². The molecule has 5 rings (SSSR count). The summed E-state index contributed by atoms with van der Waals surface area (Å²) in [6.45, 7) is 3.57. The van der Waals surface area contributed by atoms with E-state index in [1.54, 1.807) is 30.5 Å². The van der Waals surface area contributed by atoms with E-state index in [0.29, 0.717) is 12.7 Å². The predicted molar refractivity (Wildman–Crippen MR) is 125 cm³/mol. The molecule has 0 aliphatic carbocycles. The summed E-state index contributed by atoms with van der Waals surface area (Å²) in [6.07, 6.45) is 4.14. The molecule has 1 aromatic heterocycles.